The molecule has 108 valence electrons. The molecule has 2 N–H and O–H groups in total. The first-order chi connectivity index (χ1) is 8.05. The molecule has 0 aromatic rings. The minimum Gasteiger partial charge on any atom is -0.377 e. The van der Waals surface area contributed by atoms with Gasteiger partial charge in [0.05, 0.1) is 0 Å². The van der Waals surface area contributed by atoms with Gasteiger partial charge in [0.15, 0.2) is 30.5 Å². The third-order valence-corrected chi connectivity index (χ3v) is 5.94. The van der Waals surface area contributed by atoms with Crippen LogP contribution in [0, 0.1) is 11.8 Å². The van der Waals surface area contributed by atoms with Crippen molar-refractivity contribution >= 4 is 19.7 Å². The van der Waals surface area contributed by atoms with Crippen LogP contribution in [0.5, 0.6) is 0 Å². The van der Waals surface area contributed by atoms with E-state index in [4.69, 9.17) is 0 Å². The van der Waals surface area contributed by atoms with Gasteiger partial charge in [0.2, 0.25) is 0 Å². The Balaban J connectivity index is 3.01. The molecule has 0 bridgehead atoms. The average molecular weight is 300 g/mol. The van der Waals surface area contributed by atoms with Gasteiger partial charge >= 0.3 is 0 Å². The number of aliphatic hydroxyl groups is 2. The summed E-state index contributed by atoms with van der Waals surface area (Å²) in [6, 6.07) is 0. The molecule has 0 aromatic carbocycles. The summed E-state index contributed by atoms with van der Waals surface area (Å²) in [7, 11) is -7.33. The molecule has 1 fully saturated rings. The Labute approximate surface area is 108 Å². The average Bonchev–Trinajstić information content (AvgIpc) is 2.24. The fourth-order valence-corrected chi connectivity index (χ4v) is 4.48. The molecule has 0 aromatic heterocycles. The highest BCUT2D eigenvalue weighted by molar-refractivity contribution is 7.91. The minimum atomic E-state index is -3.66. The second-order valence-corrected chi connectivity index (χ2v) is 9.34. The van der Waals surface area contributed by atoms with E-state index in [0.29, 0.717) is 12.8 Å². The summed E-state index contributed by atoms with van der Waals surface area (Å²) in [4.78, 5) is 0. The molecular formula is C10H20O6S2. The Kier molecular flexibility index (Phi) is 4.80. The number of aliphatic hydroxyl groups excluding tert-OH is 2. The van der Waals surface area contributed by atoms with Crippen LogP contribution in [0.25, 0.3) is 0 Å². The van der Waals surface area contributed by atoms with Crippen LogP contribution in [0.3, 0.4) is 0 Å². The van der Waals surface area contributed by atoms with E-state index in [1.165, 1.54) is 0 Å². The van der Waals surface area contributed by atoms with Gasteiger partial charge in [-0.3, -0.25) is 0 Å². The molecule has 1 rings (SSSR count). The minimum absolute atomic E-state index is 0.408. The summed E-state index contributed by atoms with van der Waals surface area (Å²) in [5, 5.41) is 19.6. The van der Waals surface area contributed by atoms with Gasteiger partial charge in [-0.25, -0.2) is 16.8 Å². The van der Waals surface area contributed by atoms with Crippen molar-refractivity contribution in [1.29, 1.82) is 0 Å². The van der Waals surface area contributed by atoms with Crippen molar-refractivity contribution in [1.82, 2.24) is 0 Å². The van der Waals surface area contributed by atoms with E-state index in [9.17, 15) is 27.0 Å². The lowest BCUT2D eigenvalue weighted by Crippen LogP contribution is -2.43. The zero-order valence-electron chi connectivity index (χ0n) is 10.5. The molecule has 0 amide bonds. The number of hydrogen-bond donors (Lipinski definition) is 2. The van der Waals surface area contributed by atoms with Crippen molar-refractivity contribution in [2.75, 3.05) is 12.5 Å². The molecule has 0 aliphatic heterocycles. The van der Waals surface area contributed by atoms with Gasteiger partial charge in [-0.05, 0) is 12.8 Å². The van der Waals surface area contributed by atoms with Crippen LogP contribution < -0.4 is 0 Å². The normalized spacial score (nSPS) is 29.8. The number of sulfone groups is 2. The first-order valence-electron chi connectivity index (χ1n) is 5.79. The van der Waals surface area contributed by atoms with E-state index in [1.54, 1.807) is 0 Å². The van der Waals surface area contributed by atoms with Gasteiger partial charge in [-0.2, -0.15) is 0 Å². The predicted molar refractivity (Wildman–Crippen MR) is 67.1 cm³/mol. The predicted octanol–water partition coefficient (Wildman–Crippen LogP) is -0.481. The van der Waals surface area contributed by atoms with E-state index in [2.05, 4.69) is 0 Å². The van der Waals surface area contributed by atoms with Gasteiger partial charge in [0, 0.05) is 24.3 Å². The van der Waals surface area contributed by atoms with Crippen molar-refractivity contribution in [2.24, 2.45) is 11.8 Å². The van der Waals surface area contributed by atoms with E-state index in [0.717, 1.165) is 25.4 Å². The molecule has 0 heterocycles. The lowest BCUT2D eigenvalue weighted by molar-refractivity contribution is 0.0477. The first-order valence-corrected chi connectivity index (χ1v) is 9.70. The fraction of sp³-hybridized carbons (Fsp3) is 1.00. The van der Waals surface area contributed by atoms with Crippen LogP contribution in [0.4, 0.5) is 0 Å². The molecule has 6 nitrogen and oxygen atoms in total. The summed E-state index contributed by atoms with van der Waals surface area (Å²) in [6.07, 6.45) is 4.09. The van der Waals surface area contributed by atoms with Gasteiger partial charge in [-0.1, -0.05) is 12.8 Å². The summed E-state index contributed by atoms with van der Waals surface area (Å²) in [5.74, 6) is -1.45. The maximum absolute atomic E-state index is 11.4. The third kappa shape index (κ3) is 3.66. The molecule has 18 heavy (non-hydrogen) atoms. The Morgan fingerprint density at radius 1 is 0.833 bits per heavy atom. The number of rotatable bonds is 4. The van der Waals surface area contributed by atoms with Crippen molar-refractivity contribution in [3.63, 3.8) is 0 Å². The first kappa shape index (κ1) is 15.9. The SMILES string of the molecule is CS(=O)(=O)[C@@H](O)[C@@H]1CCCC[C@H]1[C@H](O)S(C)(=O)=O. The van der Waals surface area contributed by atoms with Gasteiger partial charge in [0.1, 0.15) is 0 Å². The smallest absolute Gasteiger partial charge is 0.174 e. The van der Waals surface area contributed by atoms with Crippen LogP contribution in [-0.2, 0) is 19.7 Å². The zero-order valence-corrected chi connectivity index (χ0v) is 12.1. The van der Waals surface area contributed by atoms with E-state index >= 15 is 0 Å². The van der Waals surface area contributed by atoms with Crippen LogP contribution in [0.15, 0.2) is 0 Å². The second kappa shape index (κ2) is 5.44. The molecule has 0 unspecified atom stereocenters. The van der Waals surface area contributed by atoms with Crippen LogP contribution in [-0.4, -0.2) is 50.4 Å². The van der Waals surface area contributed by atoms with Gasteiger partial charge in [-0.15, -0.1) is 0 Å². The summed E-state index contributed by atoms with van der Waals surface area (Å²) < 4.78 is 45.5. The fourth-order valence-electron chi connectivity index (χ4n) is 2.53. The van der Waals surface area contributed by atoms with Crippen molar-refractivity contribution in [3.8, 4) is 0 Å². The van der Waals surface area contributed by atoms with E-state index in [-0.39, 0.29) is 0 Å². The highest BCUT2D eigenvalue weighted by Gasteiger charge is 2.42. The molecule has 1 saturated carbocycles. The van der Waals surface area contributed by atoms with Gasteiger partial charge < -0.3 is 10.2 Å². The van der Waals surface area contributed by atoms with Crippen LogP contribution in [0.1, 0.15) is 25.7 Å². The summed E-state index contributed by atoms with van der Waals surface area (Å²) in [5.41, 5.74) is -3.22. The standard InChI is InChI=1S/C10H20O6S2/c1-17(13,14)9(11)7-5-3-4-6-8(7)10(12)18(2,15)16/h7-12H,3-6H2,1-2H3/t7-,8-,9-,10-/m1/s1. The third-order valence-electron chi connectivity index (χ3n) is 3.48. The lowest BCUT2D eigenvalue weighted by Gasteiger charge is -2.36. The number of hydrogen-bond acceptors (Lipinski definition) is 6. The molecule has 0 radical (unpaired) electrons. The topological polar surface area (TPSA) is 109 Å². The zero-order chi connectivity index (χ0) is 14.1. The second-order valence-electron chi connectivity index (χ2n) is 5.05. The quantitative estimate of drug-likeness (QED) is 0.726. The van der Waals surface area contributed by atoms with Crippen LogP contribution in [0.2, 0.25) is 0 Å². The highest BCUT2D eigenvalue weighted by Crippen LogP contribution is 2.37. The molecule has 4 atom stereocenters. The van der Waals surface area contributed by atoms with Gasteiger partial charge in [0.25, 0.3) is 0 Å². The van der Waals surface area contributed by atoms with E-state index < -0.39 is 42.4 Å². The van der Waals surface area contributed by atoms with E-state index in [1.807, 2.05) is 0 Å². The van der Waals surface area contributed by atoms with Crippen molar-refractivity contribution < 1.29 is 27.0 Å². The molecule has 8 heteroatoms. The molecule has 1 aliphatic rings. The summed E-state index contributed by atoms with van der Waals surface area (Å²) >= 11 is 0. The molecule has 0 spiro atoms. The largest absolute Gasteiger partial charge is 0.377 e. The Morgan fingerprint density at radius 2 is 1.11 bits per heavy atom. The maximum Gasteiger partial charge on any atom is 0.174 e. The monoisotopic (exact) mass is 300 g/mol. The Bertz CT molecular complexity index is 434. The molecule has 1 aliphatic carbocycles. The lowest BCUT2D eigenvalue weighted by atomic mass is 9.80. The van der Waals surface area contributed by atoms with Crippen molar-refractivity contribution in [3.05, 3.63) is 0 Å². The Hall–Kier alpha value is -0.180. The highest BCUT2D eigenvalue weighted by atomic mass is 32.2. The van der Waals surface area contributed by atoms with Crippen LogP contribution >= 0.6 is 0 Å². The Morgan fingerprint density at radius 3 is 1.33 bits per heavy atom. The maximum atomic E-state index is 11.4. The molecule has 0 saturated heterocycles. The molecular weight excluding hydrogens is 280 g/mol. The van der Waals surface area contributed by atoms with Crippen molar-refractivity contribution in [2.45, 2.75) is 36.6 Å². The summed E-state index contributed by atoms with van der Waals surface area (Å²) in [6.45, 7) is 0.